The molecule has 0 fully saturated rings. The van der Waals surface area contributed by atoms with Crippen molar-refractivity contribution in [3.8, 4) is 0 Å². The van der Waals surface area contributed by atoms with Gasteiger partial charge in [-0.05, 0) is 25.5 Å². The molecule has 0 bridgehead atoms. The van der Waals surface area contributed by atoms with Gasteiger partial charge in [-0.25, -0.2) is 9.97 Å². The number of carbonyl (C=O) groups is 1. The van der Waals surface area contributed by atoms with E-state index in [1.54, 1.807) is 31.4 Å². The first-order valence-corrected chi connectivity index (χ1v) is 7.88. The molecule has 138 valence electrons. The zero-order valence-electron chi connectivity index (χ0n) is 14.5. The van der Waals surface area contributed by atoms with Crippen LogP contribution in [-0.2, 0) is 4.74 Å². The molecular weight excluding hydrogens is 340 g/mol. The maximum Gasteiger partial charge on any atom is 0.354 e. The Bertz CT molecular complexity index is 766. The number of aryl methyl sites for hydroxylation is 1. The Hall–Kier alpha value is -3.27. The van der Waals surface area contributed by atoms with E-state index in [4.69, 9.17) is 4.74 Å². The largest absolute Gasteiger partial charge is 0.385 e. The molecule has 1 aromatic heterocycles. The number of benzene rings is 1. The SMILES string of the molecule is COCCCNc1ncnc(NNC(=O)c2ccc(C)cc2)c1[N+](=O)[O-]. The van der Waals surface area contributed by atoms with Crippen LogP contribution < -0.4 is 16.2 Å². The summed E-state index contributed by atoms with van der Waals surface area (Å²) in [6, 6.07) is 6.90. The van der Waals surface area contributed by atoms with Crippen molar-refractivity contribution >= 4 is 23.2 Å². The summed E-state index contributed by atoms with van der Waals surface area (Å²) >= 11 is 0. The van der Waals surface area contributed by atoms with Crippen LogP contribution in [0, 0.1) is 17.0 Å². The molecule has 0 aliphatic carbocycles. The zero-order chi connectivity index (χ0) is 18.9. The number of nitrogens with one attached hydrogen (secondary N) is 3. The maximum atomic E-state index is 12.1. The van der Waals surface area contributed by atoms with Gasteiger partial charge in [0.25, 0.3) is 5.91 Å². The van der Waals surface area contributed by atoms with Gasteiger partial charge in [-0.15, -0.1) is 0 Å². The fourth-order valence-electron chi connectivity index (χ4n) is 2.09. The van der Waals surface area contributed by atoms with Crippen LogP contribution in [0.4, 0.5) is 17.3 Å². The van der Waals surface area contributed by atoms with Gasteiger partial charge >= 0.3 is 5.69 Å². The second-order valence-electron chi connectivity index (χ2n) is 5.39. The van der Waals surface area contributed by atoms with Crippen LogP contribution in [0.25, 0.3) is 0 Å². The number of anilines is 2. The minimum Gasteiger partial charge on any atom is -0.385 e. The van der Waals surface area contributed by atoms with Crippen LogP contribution in [-0.4, -0.2) is 41.1 Å². The summed E-state index contributed by atoms with van der Waals surface area (Å²) in [5.74, 6) is -0.486. The number of ether oxygens (including phenoxy) is 1. The van der Waals surface area contributed by atoms with Gasteiger partial charge in [0, 0.05) is 25.8 Å². The van der Waals surface area contributed by atoms with Crippen molar-refractivity contribution < 1.29 is 14.5 Å². The fourth-order valence-corrected chi connectivity index (χ4v) is 2.09. The first kappa shape index (κ1) is 19.1. The summed E-state index contributed by atoms with van der Waals surface area (Å²) in [7, 11) is 1.58. The van der Waals surface area contributed by atoms with Crippen LogP contribution >= 0.6 is 0 Å². The van der Waals surface area contributed by atoms with Gasteiger partial charge in [0.2, 0.25) is 11.6 Å². The number of methoxy groups -OCH3 is 1. The molecule has 0 radical (unpaired) electrons. The van der Waals surface area contributed by atoms with Crippen LogP contribution in [0.3, 0.4) is 0 Å². The van der Waals surface area contributed by atoms with Crippen molar-refractivity contribution in [3.63, 3.8) is 0 Å². The van der Waals surface area contributed by atoms with Crippen molar-refractivity contribution in [1.29, 1.82) is 0 Å². The Morgan fingerprint density at radius 3 is 2.58 bits per heavy atom. The van der Waals surface area contributed by atoms with E-state index in [9.17, 15) is 14.9 Å². The van der Waals surface area contributed by atoms with Crippen molar-refractivity contribution in [2.24, 2.45) is 0 Å². The number of amides is 1. The third-order valence-corrected chi connectivity index (χ3v) is 3.43. The van der Waals surface area contributed by atoms with Gasteiger partial charge in [0.15, 0.2) is 0 Å². The van der Waals surface area contributed by atoms with Gasteiger partial charge in [-0.1, -0.05) is 17.7 Å². The van der Waals surface area contributed by atoms with Crippen LogP contribution in [0.2, 0.25) is 0 Å². The summed E-state index contributed by atoms with van der Waals surface area (Å²) in [5.41, 5.74) is 5.98. The number of carbonyl (C=O) groups excluding carboxylic acids is 1. The minimum absolute atomic E-state index is 0.0631. The monoisotopic (exact) mass is 360 g/mol. The normalized spacial score (nSPS) is 10.2. The summed E-state index contributed by atoms with van der Waals surface area (Å²) in [5, 5.41) is 14.3. The lowest BCUT2D eigenvalue weighted by molar-refractivity contribution is -0.383. The molecule has 10 heteroatoms. The molecular formula is C16H20N6O4. The van der Waals surface area contributed by atoms with E-state index in [0.717, 1.165) is 5.56 Å². The van der Waals surface area contributed by atoms with Gasteiger partial charge < -0.3 is 10.1 Å². The second-order valence-corrected chi connectivity index (χ2v) is 5.39. The molecule has 10 nitrogen and oxygen atoms in total. The van der Waals surface area contributed by atoms with Gasteiger partial charge in [-0.2, -0.15) is 0 Å². The predicted octanol–water partition coefficient (Wildman–Crippen LogP) is 1.90. The van der Waals surface area contributed by atoms with Crippen LogP contribution in [0.15, 0.2) is 30.6 Å². The first-order valence-electron chi connectivity index (χ1n) is 7.88. The van der Waals surface area contributed by atoms with Gasteiger partial charge in [0.05, 0.1) is 4.92 Å². The Kier molecular flexibility index (Phi) is 6.80. The first-order chi connectivity index (χ1) is 12.5. The van der Waals surface area contributed by atoms with E-state index in [1.807, 2.05) is 6.92 Å². The molecule has 3 N–H and O–H groups in total. The molecule has 1 aromatic carbocycles. The summed E-state index contributed by atoms with van der Waals surface area (Å²) < 4.78 is 4.93. The summed E-state index contributed by atoms with van der Waals surface area (Å²) in [6.45, 7) is 2.87. The van der Waals surface area contributed by atoms with Crippen LogP contribution in [0.1, 0.15) is 22.3 Å². The Morgan fingerprint density at radius 2 is 1.92 bits per heavy atom. The number of hydrogen-bond donors (Lipinski definition) is 3. The lowest BCUT2D eigenvalue weighted by atomic mass is 10.1. The fraction of sp³-hybridized carbons (Fsp3) is 0.312. The molecule has 0 spiro atoms. The standard InChI is InChI=1S/C16H20N6O4/c1-11-4-6-12(7-5-11)16(23)21-20-15-13(22(24)25)14(18-10-19-15)17-8-3-9-26-2/h4-7,10H,3,8-9H2,1-2H3,(H,21,23)(H2,17,18,19,20). The minimum atomic E-state index is -0.612. The smallest absolute Gasteiger partial charge is 0.354 e. The van der Waals surface area contributed by atoms with Crippen molar-refractivity contribution in [2.75, 3.05) is 31.0 Å². The number of aromatic nitrogens is 2. The third-order valence-electron chi connectivity index (χ3n) is 3.43. The molecule has 2 rings (SSSR count). The average molecular weight is 360 g/mol. The molecule has 0 aliphatic heterocycles. The lowest BCUT2D eigenvalue weighted by Crippen LogP contribution is -2.30. The molecule has 0 saturated carbocycles. The van der Waals surface area contributed by atoms with E-state index in [0.29, 0.717) is 25.1 Å². The molecule has 26 heavy (non-hydrogen) atoms. The quantitative estimate of drug-likeness (QED) is 0.351. The Morgan fingerprint density at radius 1 is 1.23 bits per heavy atom. The summed E-state index contributed by atoms with van der Waals surface area (Å²) in [4.78, 5) is 30.6. The molecule has 0 atom stereocenters. The van der Waals surface area contributed by atoms with Crippen molar-refractivity contribution in [1.82, 2.24) is 15.4 Å². The second kappa shape index (κ2) is 9.28. The number of nitro groups is 1. The van der Waals surface area contributed by atoms with E-state index in [1.165, 1.54) is 6.33 Å². The molecule has 0 unspecified atom stereocenters. The van der Waals surface area contributed by atoms with E-state index in [2.05, 4.69) is 26.1 Å². The van der Waals surface area contributed by atoms with Gasteiger partial charge in [0.1, 0.15) is 6.33 Å². The zero-order valence-corrected chi connectivity index (χ0v) is 14.5. The van der Waals surface area contributed by atoms with E-state index < -0.39 is 10.8 Å². The highest BCUT2D eigenvalue weighted by atomic mass is 16.6. The maximum absolute atomic E-state index is 12.1. The third kappa shape index (κ3) is 5.11. The Balaban J connectivity index is 2.09. The molecule has 0 saturated heterocycles. The van der Waals surface area contributed by atoms with E-state index in [-0.39, 0.29) is 17.3 Å². The topological polar surface area (TPSA) is 131 Å². The number of hydrazine groups is 1. The van der Waals surface area contributed by atoms with Gasteiger partial charge in [-0.3, -0.25) is 25.8 Å². The molecule has 1 heterocycles. The average Bonchev–Trinajstić information content (AvgIpc) is 2.63. The lowest BCUT2D eigenvalue weighted by Gasteiger charge is -2.11. The molecule has 0 aliphatic rings. The van der Waals surface area contributed by atoms with Crippen LogP contribution in [0.5, 0.6) is 0 Å². The number of nitrogens with zero attached hydrogens (tertiary/aromatic N) is 3. The van der Waals surface area contributed by atoms with Crippen molar-refractivity contribution in [2.45, 2.75) is 13.3 Å². The highest BCUT2D eigenvalue weighted by Gasteiger charge is 2.23. The highest BCUT2D eigenvalue weighted by molar-refractivity contribution is 5.95. The number of hydrogen-bond acceptors (Lipinski definition) is 8. The van der Waals surface area contributed by atoms with E-state index >= 15 is 0 Å². The summed E-state index contributed by atoms with van der Waals surface area (Å²) in [6.07, 6.45) is 1.83. The highest BCUT2D eigenvalue weighted by Crippen LogP contribution is 2.28. The van der Waals surface area contributed by atoms with Crippen molar-refractivity contribution in [3.05, 3.63) is 51.8 Å². The Labute approximate surface area is 150 Å². The number of rotatable bonds is 9. The molecule has 2 aromatic rings. The molecule has 1 amide bonds. The predicted molar refractivity (Wildman–Crippen MR) is 95.9 cm³/mol.